The van der Waals surface area contributed by atoms with Gasteiger partial charge in [0.2, 0.25) is 11.7 Å². The Hall–Kier alpha value is -3.26. The number of non-ortho nitro benzene ring substituents is 1. The Morgan fingerprint density at radius 3 is 2.48 bits per heavy atom. The van der Waals surface area contributed by atoms with Gasteiger partial charge in [-0.2, -0.15) is 4.98 Å². The first-order valence-corrected chi connectivity index (χ1v) is 7.52. The molecule has 0 bridgehead atoms. The number of halogens is 1. The Morgan fingerprint density at radius 2 is 1.84 bits per heavy atom. The minimum absolute atomic E-state index is 0.0381. The minimum atomic E-state index is -0.529. The minimum Gasteiger partial charge on any atom is -0.343 e. The number of carbonyl (C=O) groups is 1. The van der Waals surface area contributed by atoms with Crippen molar-refractivity contribution in [2.24, 2.45) is 0 Å². The highest BCUT2D eigenvalue weighted by Gasteiger charge is 2.12. The van der Waals surface area contributed by atoms with E-state index in [0.717, 1.165) is 5.56 Å². The van der Waals surface area contributed by atoms with Crippen molar-refractivity contribution in [2.75, 3.05) is 0 Å². The molecule has 3 rings (SSSR count). The van der Waals surface area contributed by atoms with Crippen LogP contribution in [0.25, 0.3) is 11.4 Å². The van der Waals surface area contributed by atoms with E-state index in [4.69, 9.17) is 16.1 Å². The maximum absolute atomic E-state index is 12.0. The average molecular weight is 359 g/mol. The molecule has 9 heteroatoms. The molecule has 0 unspecified atom stereocenters. The van der Waals surface area contributed by atoms with Crippen molar-refractivity contribution < 1.29 is 14.2 Å². The zero-order valence-electron chi connectivity index (χ0n) is 12.7. The summed E-state index contributed by atoms with van der Waals surface area (Å²) in [5.74, 6) is 0.220. The van der Waals surface area contributed by atoms with Crippen LogP contribution >= 0.6 is 11.6 Å². The summed E-state index contributed by atoms with van der Waals surface area (Å²) in [6.07, 6.45) is 0. The van der Waals surface area contributed by atoms with Crippen molar-refractivity contribution in [1.82, 2.24) is 15.5 Å². The Bertz CT molecular complexity index is 907. The molecule has 0 aliphatic carbocycles. The largest absolute Gasteiger partial charge is 0.343 e. The van der Waals surface area contributed by atoms with Gasteiger partial charge in [0.15, 0.2) is 0 Å². The number of nitro groups is 1. The standard InChI is InChI=1S/C16H11ClN4O4/c17-12-5-1-10(2-6-12)15-19-14(25-20-15)9-18-16(22)11-3-7-13(8-4-11)21(23)24/h1-8H,9H2,(H,18,22). The van der Waals surface area contributed by atoms with Gasteiger partial charge < -0.3 is 9.84 Å². The first kappa shape index (κ1) is 16.6. The second kappa shape index (κ2) is 7.10. The van der Waals surface area contributed by atoms with E-state index in [0.29, 0.717) is 16.4 Å². The maximum Gasteiger partial charge on any atom is 0.269 e. The van der Waals surface area contributed by atoms with Crippen LogP contribution < -0.4 is 5.32 Å². The number of amides is 1. The Balaban J connectivity index is 1.62. The third-order valence-corrected chi connectivity index (χ3v) is 3.56. The second-order valence-electron chi connectivity index (χ2n) is 5.01. The van der Waals surface area contributed by atoms with E-state index in [-0.39, 0.29) is 18.1 Å². The van der Waals surface area contributed by atoms with Gasteiger partial charge in [-0.15, -0.1) is 0 Å². The molecule has 3 aromatic rings. The smallest absolute Gasteiger partial charge is 0.269 e. The summed E-state index contributed by atoms with van der Waals surface area (Å²) >= 11 is 5.83. The summed E-state index contributed by atoms with van der Waals surface area (Å²) in [5, 5.41) is 17.7. The third-order valence-electron chi connectivity index (χ3n) is 3.31. The van der Waals surface area contributed by atoms with Crippen molar-refractivity contribution in [2.45, 2.75) is 6.54 Å². The molecule has 126 valence electrons. The normalized spacial score (nSPS) is 10.4. The lowest BCUT2D eigenvalue weighted by Gasteiger charge is -2.01. The highest BCUT2D eigenvalue weighted by Crippen LogP contribution is 2.18. The molecule has 25 heavy (non-hydrogen) atoms. The predicted octanol–water partition coefficient (Wildman–Crippen LogP) is 3.23. The van der Waals surface area contributed by atoms with E-state index in [1.54, 1.807) is 24.3 Å². The summed E-state index contributed by atoms with van der Waals surface area (Å²) in [6.45, 7) is 0.0381. The van der Waals surface area contributed by atoms with Crippen LogP contribution in [-0.4, -0.2) is 21.0 Å². The molecule has 0 atom stereocenters. The van der Waals surface area contributed by atoms with Gasteiger partial charge in [-0.1, -0.05) is 16.8 Å². The zero-order chi connectivity index (χ0) is 17.8. The quantitative estimate of drug-likeness (QED) is 0.553. The number of nitrogens with one attached hydrogen (secondary N) is 1. The number of nitro benzene ring substituents is 1. The van der Waals surface area contributed by atoms with Crippen molar-refractivity contribution in [3.63, 3.8) is 0 Å². The molecule has 2 aromatic carbocycles. The number of hydrogen-bond acceptors (Lipinski definition) is 6. The monoisotopic (exact) mass is 358 g/mol. The fraction of sp³-hybridized carbons (Fsp3) is 0.0625. The van der Waals surface area contributed by atoms with Crippen molar-refractivity contribution in [3.8, 4) is 11.4 Å². The second-order valence-corrected chi connectivity index (χ2v) is 5.44. The molecular formula is C16H11ClN4O4. The Labute approximate surface area is 146 Å². The lowest BCUT2D eigenvalue weighted by atomic mass is 10.2. The maximum atomic E-state index is 12.0. The Morgan fingerprint density at radius 1 is 1.16 bits per heavy atom. The molecule has 0 aliphatic heterocycles. The van der Waals surface area contributed by atoms with Crippen LogP contribution in [0.15, 0.2) is 53.1 Å². The van der Waals surface area contributed by atoms with Crippen LogP contribution in [0.3, 0.4) is 0 Å². The predicted molar refractivity (Wildman–Crippen MR) is 89.0 cm³/mol. The molecule has 0 spiro atoms. The van der Waals surface area contributed by atoms with E-state index in [2.05, 4.69) is 15.5 Å². The molecule has 1 N–H and O–H groups in total. The molecule has 0 radical (unpaired) electrons. The average Bonchev–Trinajstić information content (AvgIpc) is 3.09. The van der Waals surface area contributed by atoms with Crippen LogP contribution in [0.4, 0.5) is 5.69 Å². The lowest BCUT2D eigenvalue weighted by Crippen LogP contribution is -2.22. The number of benzene rings is 2. The highest BCUT2D eigenvalue weighted by molar-refractivity contribution is 6.30. The molecule has 0 saturated carbocycles. The SMILES string of the molecule is O=C(NCc1nc(-c2ccc(Cl)cc2)no1)c1ccc([N+](=O)[O-])cc1. The van der Waals surface area contributed by atoms with Crippen molar-refractivity contribution in [1.29, 1.82) is 0 Å². The first-order chi connectivity index (χ1) is 12.0. The number of hydrogen-bond donors (Lipinski definition) is 1. The topological polar surface area (TPSA) is 111 Å². The van der Waals surface area contributed by atoms with Crippen LogP contribution in [0, 0.1) is 10.1 Å². The van der Waals surface area contributed by atoms with E-state index >= 15 is 0 Å². The van der Waals surface area contributed by atoms with Crippen molar-refractivity contribution in [3.05, 3.63) is 75.1 Å². The first-order valence-electron chi connectivity index (χ1n) is 7.14. The lowest BCUT2D eigenvalue weighted by molar-refractivity contribution is -0.384. The van der Waals surface area contributed by atoms with Gasteiger partial charge in [-0.3, -0.25) is 14.9 Å². The molecule has 0 aliphatic rings. The summed E-state index contributed by atoms with van der Waals surface area (Å²) in [6, 6.07) is 12.2. The van der Waals surface area contributed by atoms with Crippen LogP contribution in [-0.2, 0) is 6.54 Å². The van der Waals surface area contributed by atoms with Gasteiger partial charge in [0.05, 0.1) is 11.5 Å². The van der Waals surface area contributed by atoms with Gasteiger partial charge in [0.1, 0.15) is 0 Å². The molecule has 0 fully saturated rings. The molecule has 1 heterocycles. The molecule has 0 saturated heterocycles. The highest BCUT2D eigenvalue weighted by atomic mass is 35.5. The van der Waals surface area contributed by atoms with Gasteiger partial charge in [-0.25, -0.2) is 0 Å². The van der Waals surface area contributed by atoms with Crippen molar-refractivity contribution >= 4 is 23.2 Å². The van der Waals surface area contributed by atoms with Crippen LogP contribution in [0.1, 0.15) is 16.2 Å². The van der Waals surface area contributed by atoms with E-state index in [1.807, 2.05) is 0 Å². The summed E-state index contributed by atoms with van der Waals surface area (Å²) < 4.78 is 5.09. The van der Waals surface area contributed by atoms with Crippen LogP contribution in [0.5, 0.6) is 0 Å². The zero-order valence-corrected chi connectivity index (χ0v) is 13.4. The molecule has 1 amide bonds. The third kappa shape index (κ3) is 3.99. The van der Waals surface area contributed by atoms with Crippen LogP contribution in [0.2, 0.25) is 5.02 Å². The summed E-state index contributed by atoms with van der Waals surface area (Å²) in [5.41, 5.74) is 0.949. The van der Waals surface area contributed by atoms with E-state index in [1.165, 1.54) is 24.3 Å². The van der Waals surface area contributed by atoms with E-state index < -0.39 is 10.8 Å². The summed E-state index contributed by atoms with van der Waals surface area (Å²) in [4.78, 5) is 26.3. The summed E-state index contributed by atoms with van der Waals surface area (Å²) in [7, 11) is 0. The number of carbonyl (C=O) groups excluding carboxylic acids is 1. The number of rotatable bonds is 5. The van der Waals surface area contributed by atoms with Gasteiger partial charge in [0.25, 0.3) is 11.6 Å². The van der Waals surface area contributed by atoms with Gasteiger partial charge >= 0.3 is 0 Å². The number of aromatic nitrogens is 2. The van der Waals surface area contributed by atoms with Gasteiger partial charge in [0, 0.05) is 28.3 Å². The fourth-order valence-corrected chi connectivity index (χ4v) is 2.16. The Kier molecular flexibility index (Phi) is 4.71. The van der Waals surface area contributed by atoms with E-state index in [9.17, 15) is 14.9 Å². The molecule has 1 aromatic heterocycles. The van der Waals surface area contributed by atoms with Gasteiger partial charge in [-0.05, 0) is 36.4 Å². The fourth-order valence-electron chi connectivity index (χ4n) is 2.04. The number of nitrogens with zero attached hydrogens (tertiary/aromatic N) is 3. The molecular weight excluding hydrogens is 348 g/mol. The molecule has 8 nitrogen and oxygen atoms in total.